The number of ether oxygens (including phenoxy) is 1. The van der Waals surface area contributed by atoms with Crippen molar-refractivity contribution in [2.45, 2.75) is 12.3 Å². The largest absolute Gasteiger partial charge is 0.496 e. The molecule has 0 fully saturated rings. The molecule has 88 valence electrons. The van der Waals surface area contributed by atoms with Crippen molar-refractivity contribution in [1.82, 2.24) is 0 Å². The number of benzene rings is 2. The Labute approximate surface area is 105 Å². The van der Waals surface area contributed by atoms with Crippen LogP contribution in [0.2, 0.25) is 0 Å². The summed E-state index contributed by atoms with van der Waals surface area (Å²) in [5.41, 5.74) is 0.563. The van der Waals surface area contributed by atoms with Crippen LogP contribution in [0.15, 0.2) is 36.4 Å². The third kappa shape index (κ3) is 2.13. The zero-order valence-corrected chi connectivity index (χ0v) is 10.5. The van der Waals surface area contributed by atoms with Crippen LogP contribution in [0.3, 0.4) is 0 Å². The first-order chi connectivity index (χ1) is 8.15. The Bertz CT molecular complexity index is 561. The molecule has 0 bridgehead atoms. The number of carbonyl (C=O) groups is 1. The Balaban J connectivity index is 2.76. The Hall–Kier alpha value is -1.54. The van der Waals surface area contributed by atoms with Crippen molar-refractivity contribution >= 4 is 28.2 Å². The molecule has 0 aliphatic rings. The average Bonchev–Trinajstić information content (AvgIpc) is 2.36. The molecule has 17 heavy (non-hydrogen) atoms. The van der Waals surface area contributed by atoms with E-state index in [9.17, 15) is 4.79 Å². The molecule has 0 aromatic heterocycles. The fourth-order valence-corrected chi connectivity index (χ4v) is 1.98. The topological polar surface area (TPSA) is 26.3 Å². The van der Waals surface area contributed by atoms with E-state index in [0.29, 0.717) is 11.3 Å². The molecule has 2 rings (SSSR count). The highest BCUT2D eigenvalue weighted by molar-refractivity contribution is 6.35. The summed E-state index contributed by atoms with van der Waals surface area (Å²) < 4.78 is 5.25. The first-order valence-corrected chi connectivity index (χ1v) is 5.83. The van der Waals surface area contributed by atoms with Crippen LogP contribution in [0.5, 0.6) is 5.75 Å². The highest BCUT2D eigenvalue weighted by atomic mass is 35.5. The van der Waals surface area contributed by atoms with Gasteiger partial charge in [-0.3, -0.25) is 4.79 Å². The van der Waals surface area contributed by atoms with Crippen molar-refractivity contribution in [3.8, 4) is 5.75 Å². The summed E-state index contributed by atoms with van der Waals surface area (Å²) in [5, 5.41) is 1.33. The van der Waals surface area contributed by atoms with E-state index in [-0.39, 0.29) is 5.78 Å². The third-order valence-electron chi connectivity index (χ3n) is 2.72. The van der Waals surface area contributed by atoms with Crippen molar-refractivity contribution in [2.75, 3.05) is 7.11 Å². The number of Topliss-reactive ketones (excluding diaryl/α,β-unsaturated/α-hetero) is 1. The van der Waals surface area contributed by atoms with Gasteiger partial charge >= 0.3 is 0 Å². The Morgan fingerprint density at radius 2 is 1.94 bits per heavy atom. The summed E-state index contributed by atoms with van der Waals surface area (Å²) >= 11 is 5.89. The van der Waals surface area contributed by atoms with Crippen LogP contribution in [-0.4, -0.2) is 18.3 Å². The van der Waals surface area contributed by atoms with E-state index >= 15 is 0 Å². The molecular weight excluding hydrogens is 236 g/mol. The second-order valence-electron chi connectivity index (χ2n) is 3.84. The van der Waals surface area contributed by atoms with Crippen LogP contribution in [-0.2, 0) is 0 Å². The van der Waals surface area contributed by atoms with Gasteiger partial charge in [-0.05, 0) is 23.8 Å². The SMILES string of the molecule is COc1ccc2ccccc2c1C(=O)C(C)Cl. The molecule has 0 aliphatic carbocycles. The zero-order chi connectivity index (χ0) is 12.4. The lowest BCUT2D eigenvalue weighted by Crippen LogP contribution is -2.12. The van der Waals surface area contributed by atoms with Gasteiger partial charge in [0.05, 0.1) is 18.1 Å². The van der Waals surface area contributed by atoms with Crippen molar-refractivity contribution in [1.29, 1.82) is 0 Å². The zero-order valence-electron chi connectivity index (χ0n) is 9.74. The van der Waals surface area contributed by atoms with E-state index in [1.165, 1.54) is 0 Å². The molecule has 0 N–H and O–H groups in total. The molecule has 2 aromatic rings. The van der Waals surface area contributed by atoms with Crippen LogP contribution in [0, 0.1) is 0 Å². The minimum Gasteiger partial charge on any atom is -0.496 e. The summed E-state index contributed by atoms with van der Waals surface area (Å²) in [4.78, 5) is 12.1. The van der Waals surface area contributed by atoms with Crippen LogP contribution in [0.1, 0.15) is 17.3 Å². The third-order valence-corrected chi connectivity index (χ3v) is 2.92. The molecule has 0 aliphatic heterocycles. The van der Waals surface area contributed by atoms with Crippen molar-refractivity contribution < 1.29 is 9.53 Å². The van der Waals surface area contributed by atoms with Crippen molar-refractivity contribution in [2.24, 2.45) is 0 Å². The lowest BCUT2D eigenvalue weighted by Gasteiger charge is -2.12. The van der Waals surface area contributed by atoms with Gasteiger partial charge in [-0.1, -0.05) is 30.3 Å². The van der Waals surface area contributed by atoms with Gasteiger partial charge in [0.1, 0.15) is 5.75 Å². The Morgan fingerprint density at radius 1 is 1.24 bits per heavy atom. The number of methoxy groups -OCH3 is 1. The number of hydrogen-bond donors (Lipinski definition) is 0. The van der Waals surface area contributed by atoms with E-state index in [0.717, 1.165) is 10.8 Å². The molecule has 0 radical (unpaired) electrons. The first kappa shape index (κ1) is 11.9. The molecule has 2 aromatic carbocycles. The molecule has 0 saturated heterocycles. The van der Waals surface area contributed by atoms with Crippen LogP contribution < -0.4 is 4.74 Å². The predicted octanol–water partition coefficient (Wildman–Crippen LogP) is 3.66. The van der Waals surface area contributed by atoms with E-state index in [2.05, 4.69) is 0 Å². The summed E-state index contributed by atoms with van der Waals surface area (Å²) in [6.45, 7) is 1.67. The van der Waals surface area contributed by atoms with Gasteiger partial charge in [-0.15, -0.1) is 11.6 Å². The molecule has 0 spiro atoms. The maximum absolute atomic E-state index is 12.1. The van der Waals surface area contributed by atoms with Crippen molar-refractivity contribution in [3.63, 3.8) is 0 Å². The highest BCUT2D eigenvalue weighted by Gasteiger charge is 2.19. The Morgan fingerprint density at radius 3 is 2.59 bits per heavy atom. The fraction of sp³-hybridized carbons (Fsp3) is 0.214. The normalized spacial score (nSPS) is 12.4. The summed E-state index contributed by atoms with van der Waals surface area (Å²) in [6, 6.07) is 11.4. The quantitative estimate of drug-likeness (QED) is 0.612. The van der Waals surface area contributed by atoms with E-state index in [1.54, 1.807) is 20.1 Å². The fourth-order valence-electron chi connectivity index (χ4n) is 1.87. The predicted molar refractivity (Wildman–Crippen MR) is 70.1 cm³/mol. The van der Waals surface area contributed by atoms with E-state index < -0.39 is 5.38 Å². The minimum atomic E-state index is -0.560. The lowest BCUT2D eigenvalue weighted by molar-refractivity contribution is 0.0990. The van der Waals surface area contributed by atoms with E-state index in [1.807, 2.05) is 30.3 Å². The number of alkyl halides is 1. The molecule has 0 heterocycles. The number of ketones is 1. The molecule has 1 atom stereocenters. The van der Waals surface area contributed by atoms with Gasteiger partial charge in [0.15, 0.2) is 5.78 Å². The van der Waals surface area contributed by atoms with Gasteiger partial charge < -0.3 is 4.74 Å². The monoisotopic (exact) mass is 248 g/mol. The maximum atomic E-state index is 12.1. The second kappa shape index (κ2) is 4.76. The van der Waals surface area contributed by atoms with E-state index in [4.69, 9.17) is 16.3 Å². The molecule has 0 amide bonds. The van der Waals surface area contributed by atoms with Gasteiger partial charge in [0.2, 0.25) is 0 Å². The number of rotatable bonds is 3. The summed E-state index contributed by atoms with van der Waals surface area (Å²) in [6.07, 6.45) is 0. The molecular formula is C14H13ClO2. The lowest BCUT2D eigenvalue weighted by atomic mass is 9.99. The molecule has 2 nitrogen and oxygen atoms in total. The maximum Gasteiger partial charge on any atom is 0.184 e. The smallest absolute Gasteiger partial charge is 0.184 e. The minimum absolute atomic E-state index is 0.111. The van der Waals surface area contributed by atoms with Gasteiger partial charge in [-0.2, -0.15) is 0 Å². The van der Waals surface area contributed by atoms with Crippen LogP contribution in [0.25, 0.3) is 10.8 Å². The summed E-state index contributed by atoms with van der Waals surface area (Å²) in [5.74, 6) is 0.460. The van der Waals surface area contributed by atoms with Crippen LogP contribution in [0.4, 0.5) is 0 Å². The molecule has 3 heteroatoms. The van der Waals surface area contributed by atoms with Gasteiger partial charge in [-0.25, -0.2) is 0 Å². The van der Waals surface area contributed by atoms with Crippen molar-refractivity contribution in [3.05, 3.63) is 42.0 Å². The average molecular weight is 249 g/mol. The molecule has 1 unspecified atom stereocenters. The number of carbonyl (C=O) groups excluding carboxylic acids is 1. The van der Waals surface area contributed by atoms with Crippen LogP contribution >= 0.6 is 11.6 Å². The standard InChI is InChI=1S/C14H13ClO2/c1-9(15)14(16)13-11-6-4-3-5-10(11)7-8-12(13)17-2/h3-9H,1-2H3. The Kier molecular flexibility index (Phi) is 3.34. The first-order valence-electron chi connectivity index (χ1n) is 5.39. The number of fused-ring (bicyclic) bond motifs is 1. The van der Waals surface area contributed by atoms with Gasteiger partial charge in [0.25, 0.3) is 0 Å². The number of halogens is 1. The summed E-state index contributed by atoms with van der Waals surface area (Å²) in [7, 11) is 1.56. The molecule has 0 saturated carbocycles. The second-order valence-corrected chi connectivity index (χ2v) is 4.50. The number of hydrogen-bond acceptors (Lipinski definition) is 2. The van der Waals surface area contributed by atoms with Gasteiger partial charge in [0, 0.05) is 0 Å². The highest BCUT2D eigenvalue weighted by Crippen LogP contribution is 2.29.